The molecule has 1 saturated heterocycles. The van der Waals surface area contributed by atoms with Gasteiger partial charge < -0.3 is 24.7 Å². The third-order valence-corrected chi connectivity index (χ3v) is 2.86. The van der Waals surface area contributed by atoms with Crippen LogP contribution < -0.4 is 0 Å². The van der Waals surface area contributed by atoms with Gasteiger partial charge in [-0.15, -0.1) is 0 Å². The topological polar surface area (TPSA) is 90.3 Å². The van der Waals surface area contributed by atoms with E-state index < -0.39 is 5.97 Å². The van der Waals surface area contributed by atoms with Crippen LogP contribution in [-0.2, 0) is 9.53 Å². The summed E-state index contributed by atoms with van der Waals surface area (Å²) < 4.78 is 5.26. The van der Waals surface area contributed by atoms with Crippen LogP contribution in [0.5, 0.6) is 0 Å². The largest absolute Gasteiger partial charge is 0.481 e. The van der Waals surface area contributed by atoms with Crippen LogP contribution >= 0.6 is 0 Å². The van der Waals surface area contributed by atoms with Crippen molar-refractivity contribution >= 4 is 12.0 Å². The van der Waals surface area contributed by atoms with Crippen LogP contribution in [-0.4, -0.2) is 77.5 Å². The van der Waals surface area contributed by atoms with Crippen molar-refractivity contribution in [2.24, 2.45) is 0 Å². The number of morpholine rings is 1. The molecule has 1 rings (SSSR count). The number of aliphatic hydroxyl groups is 1. The molecule has 104 valence electrons. The Morgan fingerprint density at radius 3 is 2.78 bits per heavy atom. The predicted octanol–water partition coefficient (Wildman–Crippen LogP) is -0.404. The summed E-state index contributed by atoms with van der Waals surface area (Å²) in [5.74, 6) is -0.920. The standard InChI is InChI=1S/C11H20N2O5/c1-2-12(4-3-10(15)16)11(17)13-5-6-18-9(7-13)8-14/h9,14H,2-8H2,1H3,(H,15,16). The normalized spacial score (nSPS) is 19.7. The second-order valence-electron chi connectivity index (χ2n) is 4.13. The molecule has 7 nitrogen and oxygen atoms in total. The number of urea groups is 1. The molecule has 0 radical (unpaired) electrons. The Balaban J connectivity index is 2.51. The number of carboxylic acids is 1. The molecule has 1 aliphatic heterocycles. The first-order chi connectivity index (χ1) is 8.58. The second-order valence-corrected chi connectivity index (χ2v) is 4.13. The van der Waals surface area contributed by atoms with E-state index in [-0.39, 0.29) is 31.7 Å². The highest BCUT2D eigenvalue weighted by Gasteiger charge is 2.26. The summed E-state index contributed by atoms with van der Waals surface area (Å²) in [6.07, 6.45) is -0.409. The first-order valence-corrected chi connectivity index (χ1v) is 6.06. The van der Waals surface area contributed by atoms with Crippen molar-refractivity contribution in [3.63, 3.8) is 0 Å². The quantitative estimate of drug-likeness (QED) is 0.701. The summed E-state index contributed by atoms with van der Waals surface area (Å²) in [6, 6.07) is -0.194. The van der Waals surface area contributed by atoms with Gasteiger partial charge in [-0.25, -0.2) is 4.79 Å². The lowest BCUT2D eigenvalue weighted by atomic mass is 10.3. The number of ether oxygens (including phenoxy) is 1. The van der Waals surface area contributed by atoms with Gasteiger partial charge in [0.1, 0.15) is 0 Å². The fourth-order valence-electron chi connectivity index (χ4n) is 1.82. The number of carbonyl (C=O) groups is 2. The zero-order valence-corrected chi connectivity index (χ0v) is 10.5. The molecule has 0 aromatic carbocycles. The van der Waals surface area contributed by atoms with E-state index in [1.165, 1.54) is 4.90 Å². The van der Waals surface area contributed by atoms with Crippen LogP contribution in [0, 0.1) is 0 Å². The molecule has 0 aromatic heterocycles. The van der Waals surface area contributed by atoms with Gasteiger partial charge in [-0.05, 0) is 6.92 Å². The lowest BCUT2D eigenvalue weighted by molar-refractivity contribution is -0.137. The average molecular weight is 260 g/mol. The Bertz CT molecular complexity index is 297. The van der Waals surface area contributed by atoms with E-state index in [0.717, 1.165) is 0 Å². The Labute approximate surface area is 106 Å². The van der Waals surface area contributed by atoms with Gasteiger partial charge >= 0.3 is 12.0 Å². The van der Waals surface area contributed by atoms with Crippen molar-refractivity contribution < 1.29 is 24.5 Å². The minimum absolute atomic E-state index is 0.0622. The van der Waals surface area contributed by atoms with E-state index in [1.807, 2.05) is 6.92 Å². The van der Waals surface area contributed by atoms with Crippen LogP contribution in [0.4, 0.5) is 4.79 Å². The lowest BCUT2D eigenvalue weighted by Gasteiger charge is -2.35. The highest BCUT2D eigenvalue weighted by Crippen LogP contribution is 2.08. The van der Waals surface area contributed by atoms with Gasteiger partial charge in [-0.3, -0.25) is 4.79 Å². The van der Waals surface area contributed by atoms with Gasteiger partial charge in [-0.2, -0.15) is 0 Å². The van der Waals surface area contributed by atoms with Crippen molar-refractivity contribution in [1.29, 1.82) is 0 Å². The first kappa shape index (κ1) is 14.7. The van der Waals surface area contributed by atoms with Gasteiger partial charge in [0.05, 0.1) is 32.3 Å². The number of carboxylic acid groups (broad SMARTS) is 1. The van der Waals surface area contributed by atoms with E-state index in [9.17, 15) is 9.59 Å². The van der Waals surface area contributed by atoms with E-state index in [4.69, 9.17) is 14.9 Å². The molecule has 1 heterocycles. The molecule has 1 atom stereocenters. The number of rotatable bonds is 5. The van der Waals surface area contributed by atoms with Crippen molar-refractivity contribution in [2.75, 3.05) is 39.4 Å². The van der Waals surface area contributed by atoms with Gasteiger partial charge in [0, 0.05) is 19.6 Å². The number of carbonyl (C=O) groups excluding carboxylic acids is 1. The zero-order valence-electron chi connectivity index (χ0n) is 10.5. The smallest absolute Gasteiger partial charge is 0.320 e. The molecular weight excluding hydrogens is 240 g/mol. The van der Waals surface area contributed by atoms with Gasteiger partial charge in [0.15, 0.2) is 0 Å². The van der Waals surface area contributed by atoms with Crippen LogP contribution in [0.15, 0.2) is 0 Å². The summed E-state index contributed by atoms with van der Waals surface area (Å²) in [6.45, 7) is 3.57. The fraction of sp³-hybridized carbons (Fsp3) is 0.818. The molecule has 1 unspecified atom stereocenters. The van der Waals surface area contributed by atoms with Crippen molar-refractivity contribution in [2.45, 2.75) is 19.4 Å². The monoisotopic (exact) mass is 260 g/mol. The number of nitrogens with zero attached hydrogens (tertiary/aromatic N) is 2. The lowest BCUT2D eigenvalue weighted by Crippen LogP contribution is -2.52. The zero-order chi connectivity index (χ0) is 13.5. The van der Waals surface area contributed by atoms with E-state index in [0.29, 0.717) is 26.2 Å². The summed E-state index contributed by atoms with van der Waals surface area (Å²) >= 11 is 0. The Morgan fingerprint density at radius 1 is 1.50 bits per heavy atom. The Morgan fingerprint density at radius 2 is 2.22 bits per heavy atom. The summed E-state index contributed by atoms with van der Waals surface area (Å²) in [4.78, 5) is 25.7. The van der Waals surface area contributed by atoms with Crippen LogP contribution in [0.3, 0.4) is 0 Å². The fourth-order valence-corrected chi connectivity index (χ4v) is 1.82. The molecule has 2 amide bonds. The number of hydrogen-bond donors (Lipinski definition) is 2. The average Bonchev–Trinajstić information content (AvgIpc) is 2.39. The highest BCUT2D eigenvalue weighted by atomic mass is 16.5. The van der Waals surface area contributed by atoms with E-state index in [2.05, 4.69) is 0 Å². The molecule has 1 fully saturated rings. The molecule has 0 aromatic rings. The third-order valence-electron chi connectivity index (χ3n) is 2.86. The van der Waals surface area contributed by atoms with E-state index in [1.54, 1.807) is 4.90 Å². The molecule has 18 heavy (non-hydrogen) atoms. The summed E-state index contributed by atoms with van der Waals surface area (Å²) in [5, 5.41) is 17.6. The molecule has 0 saturated carbocycles. The van der Waals surface area contributed by atoms with Crippen molar-refractivity contribution in [3.8, 4) is 0 Å². The second kappa shape index (κ2) is 7.17. The third kappa shape index (κ3) is 4.15. The number of aliphatic hydroxyl groups excluding tert-OH is 1. The minimum atomic E-state index is -0.920. The summed E-state index contributed by atoms with van der Waals surface area (Å²) in [7, 11) is 0. The number of amides is 2. The number of aliphatic carboxylic acids is 1. The van der Waals surface area contributed by atoms with Gasteiger partial charge in [0.25, 0.3) is 0 Å². The molecule has 0 bridgehead atoms. The number of hydrogen-bond acceptors (Lipinski definition) is 4. The highest BCUT2D eigenvalue weighted by molar-refractivity contribution is 5.75. The molecule has 0 aliphatic carbocycles. The first-order valence-electron chi connectivity index (χ1n) is 6.06. The van der Waals surface area contributed by atoms with Crippen LogP contribution in [0.2, 0.25) is 0 Å². The molecule has 1 aliphatic rings. The van der Waals surface area contributed by atoms with Crippen molar-refractivity contribution in [1.82, 2.24) is 9.80 Å². The molecular formula is C11H20N2O5. The maximum atomic E-state index is 12.1. The molecule has 0 spiro atoms. The van der Waals surface area contributed by atoms with Gasteiger partial charge in [0.2, 0.25) is 0 Å². The Hall–Kier alpha value is -1.34. The maximum absolute atomic E-state index is 12.1. The van der Waals surface area contributed by atoms with Gasteiger partial charge in [-0.1, -0.05) is 0 Å². The maximum Gasteiger partial charge on any atom is 0.320 e. The predicted molar refractivity (Wildman–Crippen MR) is 63.3 cm³/mol. The van der Waals surface area contributed by atoms with E-state index >= 15 is 0 Å². The Kier molecular flexibility index (Phi) is 5.87. The minimum Gasteiger partial charge on any atom is -0.481 e. The van der Waals surface area contributed by atoms with Crippen molar-refractivity contribution in [3.05, 3.63) is 0 Å². The summed E-state index contributed by atoms with van der Waals surface area (Å²) in [5.41, 5.74) is 0. The SMILES string of the molecule is CCN(CCC(=O)O)C(=O)N1CCOC(CO)C1. The molecule has 2 N–H and O–H groups in total. The van der Waals surface area contributed by atoms with Crippen LogP contribution in [0.25, 0.3) is 0 Å². The molecule has 7 heteroatoms. The van der Waals surface area contributed by atoms with Crippen LogP contribution in [0.1, 0.15) is 13.3 Å².